The number of amides is 1. The quantitative estimate of drug-likeness (QED) is 0.706. The molecule has 0 spiro atoms. The normalized spacial score (nSPS) is 19.5. The standard InChI is InChI=1S/C20H24N6O2/c1-14-23-24-25-26(14)12-10-20(27)22-16-4-6-17(7-5-16)28-18-8-9-19-15(13-18)3-2-11-21-19/h2-3,8-9,11,13,16-17H,4-7,10,12H2,1H3,(H,22,27). The second kappa shape index (κ2) is 8.33. The first-order valence-electron chi connectivity index (χ1n) is 9.71. The molecule has 0 radical (unpaired) electrons. The topological polar surface area (TPSA) is 94.8 Å². The Morgan fingerprint density at radius 1 is 1.25 bits per heavy atom. The second-order valence-electron chi connectivity index (χ2n) is 7.22. The first kappa shape index (κ1) is 18.3. The molecule has 1 aromatic carbocycles. The summed E-state index contributed by atoms with van der Waals surface area (Å²) in [6.07, 6.45) is 6.08. The Kier molecular flexibility index (Phi) is 5.45. The summed E-state index contributed by atoms with van der Waals surface area (Å²) in [6.45, 7) is 2.32. The van der Waals surface area contributed by atoms with Crippen molar-refractivity contribution in [1.29, 1.82) is 0 Å². The summed E-state index contributed by atoms with van der Waals surface area (Å²) in [5, 5.41) is 15.5. The number of hydrogen-bond donors (Lipinski definition) is 1. The molecule has 1 fully saturated rings. The van der Waals surface area contributed by atoms with Gasteiger partial charge in [-0.25, -0.2) is 4.68 Å². The van der Waals surface area contributed by atoms with Crippen LogP contribution in [0.2, 0.25) is 0 Å². The molecule has 1 aliphatic carbocycles. The third kappa shape index (κ3) is 4.44. The van der Waals surface area contributed by atoms with Gasteiger partial charge in [0.2, 0.25) is 5.91 Å². The lowest BCUT2D eigenvalue weighted by molar-refractivity contribution is -0.122. The molecule has 0 aliphatic heterocycles. The van der Waals surface area contributed by atoms with E-state index in [-0.39, 0.29) is 18.1 Å². The zero-order chi connectivity index (χ0) is 19.3. The highest BCUT2D eigenvalue weighted by Gasteiger charge is 2.23. The molecule has 8 heteroatoms. The zero-order valence-electron chi connectivity index (χ0n) is 15.9. The number of benzene rings is 1. The minimum Gasteiger partial charge on any atom is -0.490 e. The fourth-order valence-corrected chi connectivity index (χ4v) is 3.61. The maximum absolute atomic E-state index is 12.2. The number of ether oxygens (including phenoxy) is 1. The lowest BCUT2D eigenvalue weighted by Gasteiger charge is -2.29. The van der Waals surface area contributed by atoms with Gasteiger partial charge in [0, 0.05) is 24.0 Å². The Hall–Kier alpha value is -3.03. The van der Waals surface area contributed by atoms with Gasteiger partial charge >= 0.3 is 0 Å². The van der Waals surface area contributed by atoms with Crippen molar-refractivity contribution in [2.24, 2.45) is 0 Å². The molecule has 146 valence electrons. The van der Waals surface area contributed by atoms with Crippen molar-refractivity contribution < 1.29 is 9.53 Å². The van der Waals surface area contributed by atoms with Gasteiger partial charge in [-0.3, -0.25) is 9.78 Å². The summed E-state index contributed by atoms with van der Waals surface area (Å²) < 4.78 is 7.80. The number of rotatable bonds is 6. The van der Waals surface area contributed by atoms with E-state index in [0.717, 1.165) is 48.2 Å². The number of carbonyl (C=O) groups is 1. The van der Waals surface area contributed by atoms with E-state index in [9.17, 15) is 4.79 Å². The molecular weight excluding hydrogens is 356 g/mol. The molecule has 0 unspecified atom stereocenters. The summed E-state index contributed by atoms with van der Waals surface area (Å²) in [5.41, 5.74) is 0.970. The first-order chi connectivity index (χ1) is 13.7. The first-order valence-corrected chi connectivity index (χ1v) is 9.71. The van der Waals surface area contributed by atoms with Gasteiger partial charge in [-0.1, -0.05) is 6.07 Å². The van der Waals surface area contributed by atoms with Crippen molar-refractivity contribution in [3.05, 3.63) is 42.4 Å². The predicted octanol–water partition coefficient (Wildman–Crippen LogP) is 2.43. The van der Waals surface area contributed by atoms with Crippen LogP contribution in [-0.2, 0) is 11.3 Å². The van der Waals surface area contributed by atoms with Gasteiger partial charge in [0.05, 0.1) is 18.2 Å². The van der Waals surface area contributed by atoms with Crippen molar-refractivity contribution in [2.45, 2.75) is 57.7 Å². The van der Waals surface area contributed by atoms with Crippen molar-refractivity contribution in [3.8, 4) is 5.75 Å². The number of carbonyl (C=O) groups excluding carboxylic acids is 1. The van der Waals surface area contributed by atoms with Crippen LogP contribution in [-0.4, -0.2) is 43.2 Å². The average Bonchev–Trinajstić information content (AvgIpc) is 3.13. The Labute approximate surface area is 163 Å². The fraction of sp³-hybridized carbons (Fsp3) is 0.450. The van der Waals surface area contributed by atoms with Gasteiger partial charge < -0.3 is 10.1 Å². The minimum atomic E-state index is 0.0429. The number of pyridine rings is 1. The molecule has 2 heterocycles. The molecule has 1 N–H and O–H groups in total. The summed E-state index contributed by atoms with van der Waals surface area (Å²) in [7, 11) is 0. The smallest absolute Gasteiger partial charge is 0.222 e. The maximum atomic E-state index is 12.2. The molecule has 0 saturated heterocycles. The third-order valence-corrected chi connectivity index (χ3v) is 5.18. The number of nitrogens with one attached hydrogen (secondary N) is 1. The minimum absolute atomic E-state index is 0.0429. The largest absolute Gasteiger partial charge is 0.490 e. The average molecular weight is 380 g/mol. The van der Waals surface area contributed by atoms with E-state index in [1.54, 1.807) is 10.9 Å². The van der Waals surface area contributed by atoms with E-state index in [1.807, 2.05) is 37.3 Å². The predicted molar refractivity (Wildman–Crippen MR) is 104 cm³/mol. The van der Waals surface area contributed by atoms with Crippen LogP contribution in [0.25, 0.3) is 10.9 Å². The van der Waals surface area contributed by atoms with Crippen LogP contribution in [0.4, 0.5) is 0 Å². The maximum Gasteiger partial charge on any atom is 0.222 e. The van der Waals surface area contributed by atoms with E-state index in [2.05, 4.69) is 25.8 Å². The molecule has 0 bridgehead atoms. The van der Waals surface area contributed by atoms with Crippen LogP contribution >= 0.6 is 0 Å². The van der Waals surface area contributed by atoms with Gasteiger partial charge in [-0.15, -0.1) is 5.10 Å². The third-order valence-electron chi connectivity index (χ3n) is 5.18. The van der Waals surface area contributed by atoms with Crippen LogP contribution in [0.5, 0.6) is 5.75 Å². The summed E-state index contributed by atoms with van der Waals surface area (Å²) in [4.78, 5) is 16.5. The second-order valence-corrected chi connectivity index (χ2v) is 7.22. The van der Waals surface area contributed by atoms with E-state index in [0.29, 0.717) is 13.0 Å². The van der Waals surface area contributed by atoms with E-state index >= 15 is 0 Å². The van der Waals surface area contributed by atoms with Crippen molar-refractivity contribution in [1.82, 2.24) is 30.5 Å². The summed E-state index contributed by atoms with van der Waals surface area (Å²) >= 11 is 0. The number of aromatic nitrogens is 5. The van der Waals surface area contributed by atoms with Crippen LogP contribution in [0.15, 0.2) is 36.5 Å². The molecule has 4 rings (SSSR count). The van der Waals surface area contributed by atoms with Gasteiger partial charge in [0.15, 0.2) is 0 Å². The fourth-order valence-electron chi connectivity index (χ4n) is 3.61. The number of aryl methyl sites for hydroxylation is 2. The van der Waals surface area contributed by atoms with Crippen molar-refractivity contribution >= 4 is 16.8 Å². The Morgan fingerprint density at radius 3 is 2.89 bits per heavy atom. The SMILES string of the molecule is Cc1nnnn1CCC(=O)NC1CCC(Oc2ccc3ncccc3c2)CC1. The number of tetrazole rings is 1. The molecule has 3 aromatic rings. The molecular formula is C20H24N6O2. The van der Waals surface area contributed by atoms with Gasteiger partial charge in [0.25, 0.3) is 0 Å². The molecule has 1 saturated carbocycles. The number of hydrogen-bond acceptors (Lipinski definition) is 6. The van der Waals surface area contributed by atoms with E-state index in [1.165, 1.54) is 0 Å². The monoisotopic (exact) mass is 380 g/mol. The molecule has 1 aliphatic rings. The van der Waals surface area contributed by atoms with Crippen LogP contribution < -0.4 is 10.1 Å². The molecule has 8 nitrogen and oxygen atoms in total. The van der Waals surface area contributed by atoms with E-state index in [4.69, 9.17) is 4.74 Å². The molecule has 28 heavy (non-hydrogen) atoms. The number of fused-ring (bicyclic) bond motifs is 1. The lowest BCUT2D eigenvalue weighted by atomic mass is 9.93. The van der Waals surface area contributed by atoms with Gasteiger partial charge in [0.1, 0.15) is 11.6 Å². The lowest BCUT2D eigenvalue weighted by Crippen LogP contribution is -2.40. The summed E-state index contributed by atoms with van der Waals surface area (Å²) in [6, 6.07) is 10.2. The Bertz CT molecular complexity index is 949. The van der Waals surface area contributed by atoms with E-state index < -0.39 is 0 Å². The highest BCUT2D eigenvalue weighted by Crippen LogP contribution is 2.26. The number of nitrogens with zero attached hydrogens (tertiary/aromatic N) is 5. The molecule has 2 aromatic heterocycles. The van der Waals surface area contributed by atoms with Gasteiger partial charge in [-0.2, -0.15) is 0 Å². The highest BCUT2D eigenvalue weighted by molar-refractivity contribution is 5.79. The zero-order valence-corrected chi connectivity index (χ0v) is 15.9. The van der Waals surface area contributed by atoms with Crippen LogP contribution in [0.1, 0.15) is 37.9 Å². The Balaban J connectivity index is 1.22. The van der Waals surface area contributed by atoms with Crippen LogP contribution in [0.3, 0.4) is 0 Å². The molecule has 1 amide bonds. The Morgan fingerprint density at radius 2 is 2.11 bits per heavy atom. The molecule has 0 atom stereocenters. The van der Waals surface area contributed by atoms with Crippen molar-refractivity contribution in [3.63, 3.8) is 0 Å². The highest BCUT2D eigenvalue weighted by atomic mass is 16.5. The van der Waals surface area contributed by atoms with Crippen LogP contribution in [0, 0.1) is 6.92 Å². The van der Waals surface area contributed by atoms with Crippen molar-refractivity contribution in [2.75, 3.05) is 0 Å². The summed E-state index contributed by atoms with van der Waals surface area (Å²) in [5.74, 6) is 1.64. The van der Waals surface area contributed by atoms with Gasteiger partial charge in [-0.05, 0) is 67.3 Å².